The molecule has 0 saturated carbocycles. The first-order valence-electron chi connectivity index (χ1n) is 5.75. The highest BCUT2D eigenvalue weighted by molar-refractivity contribution is 9.09. The van der Waals surface area contributed by atoms with Gasteiger partial charge in [0.25, 0.3) is 5.56 Å². The first-order valence-corrected chi connectivity index (χ1v) is 6.87. The molecule has 0 aliphatic rings. The molecule has 0 atom stereocenters. The molecule has 0 aliphatic heterocycles. The zero-order valence-corrected chi connectivity index (χ0v) is 11.4. The fraction of sp³-hybridized carbons (Fsp3) is 0.385. The Hall–Kier alpha value is -1.16. The molecule has 1 heterocycles. The normalized spacial score (nSPS) is 10.9. The summed E-state index contributed by atoms with van der Waals surface area (Å²) < 4.78 is 1.70. The summed E-state index contributed by atoms with van der Waals surface area (Å²) in [6.45, 7) is 2.71. The van der Waals surface area contributed by atoms with E-state index in [0.717, 1.165) is 35.8 Å². The molecule has 1 aromatic carbocycles. The number of alkyl halides is 1. The zero-order chi connectivity index (χ0) is 12.3. The molecule has 0 fully saturated rings. The molecule has 90 valence electrons. The Balaban J connectivity index is 2.41. The molecule has 17 heavy (non-hydrogen) atoms. The molecule has 1 aromatic heterocycles. The second-order valence-electron chi connectivity index (χ2n) is 4.11. The van der Waals surface area contributed by atoms with E-state index in [9.17, 15) is 4.79 Å². The highest BCUT2D eigenvalue weighted by Gasteiger charge is 2.05. The van der Waals surface area contributed by atoms with Crippen LogP contribution in [0.4, 0.5) is 0 Å². The predicted octanol–water partition coefficient (Wildman–Crippen LogP) is 2.88. The van der Waals surface area contributed by atoms with Gasteiger partial charge >= 0.3 is 0 Å². The minimum atomic E-state index is 0.0632. The third kappa shape index (κ3) is 2.57. The third-order valence-electron chi connectivity index (χ3n) is 2.84. The molecule has 0 N–H and O–H groups in total. The van der Waals surface area contributed by atoms with Crippen molar-refractivity contribution >= 4 is 26.8 Å². The first kappa shape index (κ1) is 12.3. The number of hydrogen-bond donors (Lipinski definition) is 0. The Kier molecular flexibility index (Phi) is 3.94. The average Bonchev–Trinajstić information content (AvgIpc) is 2.33. The van der Waals surface area contributed by atoms with E-state index >= 15 is 0 Å². The lowest BCUT2D eigenvalue weighted by Gasteiger charge is -2.06. The van der Waals surface area contributed by atoms with E-state index in [1.54, 1.807) is 10.9 Å². The Labute approximate surface area is 109 Å². The SMILES string of the molecule is Cc1cccc2c(=O)n(CCCCBr)cnc12. The largest absolute Gasteiger partial charge is 0.299 e. The summed E-state index contributed by atoms with van der Waals surface area (Å²) in [7, 11) is 0. The van der Waals surface area contributed by atoms with E-state index in [2.05, 4.69) is 20.9 Å². The second-order valence-corrected chi connectivity index (χ2v) is 4.90. The number of para-hydroxylation sites is 1. The second kappa shape index (κ2) is 5.45. The maximum absolute atomic E-state index is 12.2. The van der Waals surface area contributed by atoms with Gasteiger partial charge in [0.2, 0.25) is 0 Å². The van der Waals surface area contributed by atoms with E-state index in [-0.39, 0.29) is 5.56 Å². The van der Waals surface area contributed by atoms with Crippen LogP contribution in [0.25, 0.3) is 10.9 Å². The van der Waals surface area contributed by atoms with E-state index in [1.165, 1.54) is 0 Å². The van der Waals surface area contributed by atoms with Gasteiger partial charge in [-0.25, -0.2) is 4.98 Å². The van der Waals surface area contributed by atoms with E-state index < -0.39 is 0 Å². The van der Waals surface area contributed by atoms with Gasteiger partial charge in [0.05, 0.1) is 17.2 Å². The number of halogens is 1. The van der Waals surface area contributed by atoms with Gasteiger partial charge in [-0.2, -0.15) is 0 Å². The molecule has 4 heteroatoms. The van der Waals surface area contributed by atoms with Gasteiger partial charge in [-0.3, -0.25) is 9.36 Å². The number of unbranched alkanes of at least 4 members (excludes halogenated alkanes) is 1. The number of hydrogen-bond acceptors (Lipinski definition) is 2. The summed E-state index contributed by atoms with van der Waals surface area (Å²) in [4.78, 5) is 16.6. The number of nitrogens with zero attached hydrogens (tertiary/aromatic N) is 2. The fourth-order valence-corrected chi connectivity index (χ4v) is 2.27. The maximum Gasteiger partial charge on any atom is 0.261 e. The summed E-state index contributed by atoms with van der Waals surface area (Å²) in [6.07, 6.45) is 3.72. The zero-order valence-electron chi connectivity index (χ0n) is 9.82. The van der Waals surface area contributed by atoms with Crippen molar-refractivity contribution in [2.24, 2.45) is 0 Å². The standard InChI is InChI=1S/C13H15BrN2O/c1-10-5-4-6-11-12(10)15-9-16(13(11)17)8-3-2-7-14/h4-6,9H,2-3,7-8H2,1H3. The van der Waals surface area contributed by atoms with Crippen molar-refractivity contribution in [3.63, 3.8) is 0 Å². The van der Waals surface area contributed by atoms with Crippen molar-refractivity contribution < 1.29 is 0 Å². The van der Waals surface area contributed by atoms with Gasteiger partial charge in [0.15, 0.2) is 0 Å². The summed E-state index contributed by atoms with van der Waals surface area (Å²) >= 11 is 3.39. The topological polar surface area (TPSA) is 34.9 Å². The number of fused-ring (bicyclic) bond motifs is 1. The van der Waals surface area contributed by atoms with Gasteiger partial charge in [0.1, 0.15) is 0 Å². The van der Waals surface area contributed by atoms with Crippen molar-refractivity contribution in [3.05, 3.63) is 40.4 Å². The van der Waals surface area contributed by atoms with Gasteiger partial charge < -0.3 is 0 Å². The van der Waals surface area contributed by atoms with E-state index in [0.29, 0.717) is 5.39 Å². The van der Waals surface area contributed by atoms with Crippen LogP contribution >= 0.6 is 15.9 Å². The van der Waals surface area contributed by atoms with Crippen molar-refractivity contribution in [2.75, 3.05) is 5.33 Å². The van der Waals surface area contributed by atoms with Gasteiger partial charge in [-0.15, -0.1) is 0 Å². The minimum absolute atomic E-state index is 0.0632. The summed E-state index contributed by atoms with van der Waals surface area (Å²) in [5, 5.41) is 1.69. The number of benzene rings is 1. The predicted molar refractivity (Wildman–Crippen MR) is 73.8 cm³/mol. The molecule has 2 rings (SSSR count). The van der Waals surface area contributed by atoms with Crippen LogP contribution in [0.15, 0.2) is 29.3 Å². The molecule has 0 saturated heterocycles. The lowest BCUT2D eigenvalue weighted by molar-refractivity contribution is 0.612. The molecule has 0 amide bonds. The Morgan fingerprint density at radius 3 is 2.94 bits per heavy atom. The van der Waals surface area contributed by atoms with Crippen LogP contribution in [0.2, 0.25) is 0 Å². The Morgan fingerprint density at radius 1 is 1.35 bits per heavy atom. The van der Waals surface area contributed by atoms with Crippen LogP contribution in [-0.4, -0.2) is 14.9 Å². The lowest BCUT2D eigenvalue weighted by atomic mass is 10.1. The van der Waals surface area contributed by atoms with Crippen LogP contribution in [0.3, 0.4) is 0 Å². The highest BCUT2D eigenvalue weighted by atomic mass is 79.9. The number of aromatic nitrogens is 2. The van der Waals surface area contributed by atoms with Gasteiger partial charge in [0, 0.05) is 11.9 Å². The third-order valence-corrected chi connectivity index (χ3v) is 3.40. The molecular formula is C13H15BrN2O. The lowest BCUT2D eigenvalue weighted by Crippen LogP contribution is -2.20. The summed E-state index contributed by atoms with van der Waals surface area (Å²) in [5.41, 5.74) is 1.93. The highest BCUT2D eigenvalue weighted by Crippen LogP contribution is 2.11. The minimum Gasteiger partial charge on any atom is -0.299 e. The monoisotopic (exact) mass is 294 g/mol. The maximum atomic E-state index is 12.2. The average molecular weight is 295 g/mol. The Morgan fingerprint density at radius 2 is 2.18 bits per heavy atom. The summed E-state index contributed by atoms with van der Waals surface area (Å²) in [5.74, 6) is 0. The molecule has 0 unspecified atom stereocenters. The van der Waals surface area contributed by atoms with E-state index in [1.807, 2.05) is 25.1 Å². The van der Waals surface area contributed by atoms with Crippen LogP contribution in [0, 0.1) is 6.92 Å². The molecule has 3 nitrogen and oxygen atoms in total. The van der Waals surface area contributed by atoms with Crippen molar-refractivity contribution in [3.8, 4) is 0 Å². The van der Waals surface area contributed by atoms with Crippen LogP contribution in [-0.2, 0) is 6.54 Å². The fourth-order valence-electron chi connectivity index (χ4n) is 1.87. The smallest absolute Gasteiger partial charge is 0.261 e. The molecule has 0 spiro atoms. The Bertz CT molecular complexity index is 577. The van der Waals surface area contributed by atoms with E-state index in [4.69, 9.17) is 0 Å². The summed E-state index contributed by atoms with van der Waals surface area (Å²) in [6, 6.07) is 5.73. The number of aryl methyl sites for hydroxylation is 2. The molecular weight excluding hydrogens is 280 g/mol. The quantitative estimate of drug-likeness (QED) is 0.642. The molecule has 0 radical (unpaired) electrons. The van der Waals surface area contributed by atoms with Crippen molar-refractivity contribution in [2.45, 2.75) is 26.3 Å². The van der Waals surface area contributed by atoms with Crippen LogP contribution in [0.5, 0.6) is 0 Å². The van der Waals surface area contributed by atoms with Gasteiger partial charge in [-0.1, -0.05) is 28.1 Å². The van der Waals surface area contributed by atoms with Gasteiger partial charge in [-0.05, 0) is 31.4 Å². The molecule has 0 aliphatic carbocycles. The van der Waals surface area contributed by atoms with Crippen LogP contribution < -0.4 is 5.56 Å². The van der Waals surface area contributed by atoms with Crippen LogP contribution in [0.1, 0.15) is 18.4 Å². The molecule has 0 bridgehead atoms. The van der Waals surface area contributed by atoms with Crippen molar-refractivity contribution in [1.29, 1.82) is 0 Å². The first-order chi connectivity index (χ1) is 8.24. The molecule has 2 aromatic rings. The number of rotatable bonds is 4. The van der Waals surface area contributed by atoms with Crippen molar-refractivity contribution in [1.82, 2.24) is 9.55 Å².